The van der Waals surface area contributed by atoms with Crippen LogP contribution in [0.1, 0.15) is 21.6 Å². The molecule has 0 atom stereocenters. The van der Waals surface area contributed by atoms with Gasteiger partial charge >= 0.3 is 0 Å². The number of amides is 1. The first kappa shape index (κ1) is 23.7. The molecular formula is C26H22N8O2S. The SMILES string of the molecule is Cc1nn(-c2ccccc2)c(Oc2ccc(-c3nc4ccc(C(N)=O)cc4[nH]3)cc2)c1/C=N/NC(N)=S. The van der Waals surface area contributed by atoms with E-state index in [-0.39, 0.29) is 5.11 Å². The number of nitrogens with zero attached hydrogens (tertiary/aromatic N) is 4. The second-order valence-electron chi connectivity index (χ2n) is 8.09. The highest BCUT2D eigenvalue weighted by Gasteiger charge is 2.18. The van der Waals surface area contributed by atoms with E-state index in [2.05, 4.69) is 25.6 Å². The van der Waals surface area contributed by atoms with Gasteiger partial charge in [0.25, 0.3) is 0 Å². The normalized spacial score (nSPS) is 11.2. The van der Waals surface area contributed by atoms with Crippen LogP contribution in [0.15, 0.2) is 77.9 Å². The smallest absolute Gasteiger partial charge is 0.248 e. The van der Waals surface area contributed by atoms with Crippen LogP contribution in [0.25, 0.3) is 28.1 Å². The van der Waals surface area contributed by atoms with Crippen molar-refractivity contribution < 1.29 is 9.53 Å². The maximum atomic E-state index is 11.5. The summed E-state index contributed by atoms with van der Waals surface area (Å²) in [6, 6.07) is 22.2. The number of ether oxygens (including phenoxy) is 1. The van der Waals surface area contributed by atoms with Crippen LogP contribution in [0.5, 0.6) is 11.6 Å². The lowest BCUT2D eigenvalue weighted by atomic mass is 10.2. The highest BCUT2D eigenvalue weighted by atomic mass is 32.1. The number of carbonyl (C=O) groups is 1. The Bertz CT molecular complexity index is 1640. The van der Waals surface area contributed by atoms with Gasteiger partial charge in [-0.05, 0) is 73.7 Å². The fraction of sp³-hybridized carbons (Fsp3) is 0.0385. The number of carbonyl (C=O) groups excluding carboxylic acids is 1. The Morgan fingerprint density at radius 1 is 1.11 bits per heavy atom. The van der Waals surface area contributed by atoms with Crippen LogP contribution in [-0.2, 0) is 0 Å². The number of fused-ring (bicyclic) bond motifs is 1. The van der Waals surface area contributed by atoms with E-state index in [1.54, 1.807) is 29.1 Å². The Labute approximate surface area is 217 Å². The minimum atomic E-state index is -0.490. The van der Waals surface area contributed by atoms with Crippen LogP contribution in [0.2, 0.25) is 0 Å². The molecule has 0 fully saturated rings. The van der Waals surface area contributed by atoms with Crippen molar-refractivity contribution in [2.45, 2.75) is 6.92 Å². The third-order valence-corrected chi connectivity index (χ3v) is 5.63. The van der Waals surface area contributed by atoms with Gasteiger partial charge in [-0.1, -0.05) is 18.2 Å². The van der Waals surface area contributed by atoms with E-state index in [9.17, 15) is 4.79 Å². The number of aryl methyl sites for hydroxylation is 1. The highest BCUT2D eigenvalue weighted by Crippen LogP contribution is 2.31. The predicted octanol–water partition coefficient (Wildman–Crippen LogP) is 3.78. The Kier molecular flexibility index (Phi) is 6.35. The van der Waals surface area contributed by atoms with Crippen molar-refractivity contribution in [1.82, 2.24) is 25.2 Å². The molecule has 0 saturated carbocycles. The lowest BCUT2D eigenvalue weighted by molar-refractivity contribution is 0.100. The van der Waals surface area contributed by atoms with Crippen molar-refractivity contribution in [3.8, 4) is 28.7 Å². The van der Waals surface area contributed by atoms with Crippen molar-refractivity contribution in [1.29, 1.82) is 0 Å². The fourth-order valence-electron chi connectivity index (χ4n) is 3.76. The largest absolute Gasteiger partial charge is 0.438 e. The molecule has 0 saturated heterocycles. The first-order valence-corrected chi connectivity index (χ1v) is 11.6. The van der Waals surface area contributed by atoms with E-state index in [0.717, 1.165) is 22.3 Å². The van der Waals surface area contributed by atoms with Crippen molar-refractivity contribution in [2.24, 2.45) is 16.6 Å². The summed E-state index contributed by atoms with van der Waals surface area (Å²) in [5.74, 6) is 1.23. The molecule has 37 heavy (non-hydrogen) atoms. The number of imidazole rings is 1. The molecule has 2 heterocycles. The Morgan fingerprint density at radius 2 is 1.86 bits per heavy atom. The Morgan fingerprint density at radius 3 is 2.57 bits per heavy atom. The fourth-order valence-corrected chi connectivity index (χ4v) is 3.81. The third kappa shape index (κ3) is 5.02. The second kappa shape index (κ2) is 9.91. The molecule has 0 bridgehead atoms. The molecule has 10 nitrogen and oxygen atoms in total. The first-order chi connectivity index (χ1) is 17.9. The Hall–Kier alpha value is -5.03. The maximum absolute atomic E-state index is 11.5. The van der Waals surface area contributed by atoms with E-state index < -0.39 is 5.91 Å². The number of primary amides is 1. The van der Waals surface area contributed by atoms with Crippen molar-refractivity contribution in [3.05, 3.63) is 89.6 Å². The number of aromatic amines is 1. The molecule has 0 aliphatic heterocycles. The zero-order valence-corrected chi connectivity index (χ0v) is 20.5. The molecule has 3 aromatic carbocycles. The molecule has 2 aromatic heterocycles. The summed E-state index contributed by atoms with van der Waals surface area (Å²) < 4.78 is 8.01. The van der Waals surface area contributed by atoms with Gasteiger partial charge in [-0.3, -0.25) is 10.2 Å². The maximum Gasteiger partial charge on any atom is 0.248 e. The second-order valence-corrected chi connectivity index (χ2v) is 8.53. The number of benzene rings is 3. The highest BCUT2D eigenvalue weighted by molar-refractivity contribution is 7.80. The molecule has 1 amide bonds. The van der Waals surface area contributed by atoms with E-state index in [0.29, 0.717) is 34.3 Å². The van der Waals surface area contributed by atoms with Crippen LogP contribution in [0.4, 0.5) is 0 Å². The summed E-state index contributed by atoms with van der Waals surface area (Å²) in [7, 11) is 0. The predicted molar refractivity (Wildman–Crippen MR) is 146 cm³/mol. The molecule has 0 aliphatic rings. The van der Waals surface area contributed by atoms with Gasteiger partial charge in [0.2, 0.25) is 11.8 Å². The number of nitrogens with one attached hydrogen (secondary N) is 2. The average Bonchev–Trinajstić information content (AvgIpc) is 3.45. The molecular weight excluding hydrogens is 488 g/mol. The third-order valence-electron chi connectivity index (χ3n) is 5.54. The molecule has 0 aliphatic carbocycles. The Balaban J connectivity index is 1.47. The topological polar surface area (TPSA) is 149 Å². The standard InChI is InChI=1S/C26H22N8O2S/c1-15-20(14-29-32-26(28)37)25(34(33-15)18-5-3-2-4-6-18)36-19-10-7-16(8-11-19)24-30-21-12-9-17(23(27)35)13-22(21)31-24/h2-14H,1H3,(H2,27,35)(H,30,31)(H3,28,32,37)/b29-14+. The lowest BCUT2D eigenvalue weighted by Gasteiger charge is -2.10. The van der Waals surface area contributed by atoms with Gasteiger partial charge in [-0.2, -0.15) is 14.9 Å². The van der Waals surface area contributed by atoms with Crippen LogP contribution in [0.3, 0.4) is 0 Å². The number of hydrogen-bond acceptors (Lipinski definition) is 6. The van der Waals surface area contributed by atoms with Crippen molar-refractivity contribution >= 4 is 40.5 Å². The minimum Gasteiger partial charge on any atom is -0.438 e. The molecule has 184 valence electrons. The molecule has 0 radical (unpaired) electrons. The lowest BCUT2D eigenvalue weighted by Crippen LogP contribution is -2.24. The first-order valence-electron chi connectivity index (χ1n) is 11.2. The number of hydrogen-bond donors (Lipinski definition) is 4. The van der Waals surface area contributed by atoms with Gasteiger partial charge < -0.3 is 21.2 Å². The van der Waals surface area contributed by atoms with Gasteiger partial charge in [-0.15, -0.1) is 0 Å². The summed E-state index contributed by atoms with van der Waals surface area (Å²) in [6.45, 7) is 1.86. The number of para-hydroxylation sites is 1. The summed E-state index contributed by atoms with van der Waals surface area (Å²) >= 11 is 4.83. The van der Waals surface area contributed by atoms with Crippen LogP contribution >= 0.6 is 12.2 Å². The van der Waals surface area contributed by atoms with Gasteiger partial charge in [0, 0.05) is 11.1 Å². The molecule has 11 heteroatoms. The van der Waals surface area contributed by atoms with Crippen LogP contribution in [-0.4, -0.2) is 37.0 Å². The molecule has 0 unspecified atom stereocenters. The number of nitrogens with two attached hydrogens (primary N) is 2. The van der Waals surface area contributed by atoms with Gasteiger partial charge in [-0.25, -0.2) is 4.98 Å². The monoisotopic (exact) mass is 510 g/mol. The number of aromatic nitrogens is 4. The van der Waals surface area contributed by atoms with Crippen LogP contribution in [0, 0.1) is 6.92 Å². The summed E-state index contributed by atoms with van der Waals surface area (Å²) in [5.41, 5.74) is 18.4. The van der Waals surface area contributed by atoms with E-state index >= 15 is 0 Å². The van der Waals surface area contributed by atoms with E-state index in [1.165, 1.54) is 0 Å². The van der Waals surface area contributed by atoms with E-state index in [4.69, 9.17) is 28.4 Å². The van der Waals surface area contributed by atoms with Gasteiger partial charge in [0.15, 0.2) is 5.11 Å². The van der Waals surface area contributed by atoms with E-state index in [1.807, 2.05) is 61.5 Å². The molecule has 5 aromatic rings. The summed E-state index contributed by atoms with van der Waals surface area (Å²) in [5, 5.41) is 8.79. The molecule has 0 spiro atoms. The average molecular weight is 511 g/mol. The van der Waals surface area contributed by atoms with Gasteiger partial charge in [0.1, 0.15) is 11.6 Å². The number of hydrazone groups is 1. The zero-order chi connectivity index (χ0) is 25.9. The van der Waals surface area contributed by atoms with Crippen LogP contribution < -0.4 is 21.6 Å². The van der Waals surface area contributed by atoms with Gasteiger partial charge in [0.05, 0.1) is 34.2 Å². The van der Waals surface area contributed by atoms with Crippen molar-refractivity contribution in [3.63, 3.8) is 0 Å². The summed E-state index contributed by atoms with van der Waals surface area (Å²) in [6.07, 6.45) is 1.57. The molecule has 5 rings (SSSR count). The minimum absolute atomic E-state index is 0.0545. The quantitative estimate of drug-likeness (QED) is 0.148. The van der Waals surface area contributed by atoms with Crippen molar-refractivity contribution in [2.75, 3.05) is 0 Å². The zero-order valence-electron chi connectivity index (χ0n) is 19.7. The summed E-state index contributed by atoms with van der Waals surface area (Å²) in [4.78, 5) is 19.3. The molecule has 6 N–H and O–H groups in total. The number of rotatable bonds is 7. The number of thiocarbonyl (C=S) groups is 1. The number of H-pyrrole nitrogens is 1.